The van der Waals surface area contributed by atoms with Gasteiger partial charge < -0.3 is 10.4 Å². The minimum Gasteiger partial charge on any atom is -0.792 e. The van der Waals surface area contributed by atoms with Gasteiger partial charge in [0.05, 0.1) is 0 Å². The van der Waals surface area contributed by atoms with Crippen molar-refractivity contribution in [1.29, 1.82) is 0 Å². The van der Waals surface area contributed by atoms with E-state index in [1.807, 2.05) is 23.6 Å². The van der Waals surface area contributed by atoms with E-state index in [4.69, 9.17) is 0 Å². The van der Waals surface area contributed by atoms with Crippen LogP contribution in [0.15, 0.2) is 28.7 Å². The summed E-state index contributed by atoms with van der Waals surface area (Å²) in [6.07, 6.45) is 4.69. The van der Waals surface area contributed by atoms with Crippen LogP contribution in [0, 0.1) is 5.21 Å². The molecule has 0 N–H and O–H groups in total. The molecule has 0 saturated carbocycles. The van der Waals surface area contributed by atoms with Crippen molar-refractivity contribution in [3.8, 4) is 0 Å². The summed E-state index contributed by atoms with van der Waals surface area (Å²) in [4.78, 5) is 1.12. The molecule has 52 valence electrons. The standard InChI is InChI=1S/C7H7NOS/c9-8-5-1-3-7-4-2-6-10-7/h1-6,9H/p-1/b3-1+,8-5-. The van der Waals surface area contributed by atoms with Crippen LogP contribution in [0.1, 0.15) is 4.88 Å². The molecular weight excluding hydrogens is 146 g/mol. The molecule has 0 aliphatic heterocycles. The number of rotatable bonds is 2. The molecular formula is C7H6NOS-. The van der Waals surface area contributed by atoms with Crippen LogP contribution in [0.4, 0.5) is 0 Å². The van der Waals surface area contributed by atoms with Gasteiger partial charge >= 0.3 is 0 Å². The van der Waals surface area contributed by atoms with Crippen molar-refractivity contribution in [3.05, 3.63) is 33.7 Å². The maximum atomic E-state index is 9.58. The molecule has 1 aromatic rings. The molecule has 0 bridgehead atoms. The second kappa shape index (κ2) is 3.85. The predicted octanol–water partition coefficient (Wildman–Crippen LogP) is 2.33. The third-order valence-electron chi connectivity index (χ3n) is 0.951. The minimum atomic E-state index is 1.12. The fraction of sp³-hybridized carbons (Fsp3) is 0. The molecule has 1 rings (SSSR count). The Bertz CT molecular complexity index is 226. The summed E-state index contributed by atoms with van der Waals surface area (Å²) in [6.45, 7) is 0. The zero-order valence-electron chi connectivity index (χ0n) is 5.23. The molecule has 0 spiro atoms. The Balaban J connectivity index is 2.55. The highest BCUT2D eigenvalue weighted by molar-refractivity contribution is 7.10. The number of hydrogen-bond donors (Lipinski definition) is 0. The van der Waals surface area contributed by atoms with Gasteiger partial charge in [-0.25, -0.2) is 0 Å². The molecule has 1 heterocycles. The van der Waals surface area contributed by atoms with Crippen molar-refractivity contribution in [2.45, 2.75) is 0 Å². The lowest BCUT2D eigenvalue weighted by molar-refractivity contribution is 1.66. The van der Waals surface area contributed by atoms with E-state index in [-0.39, 0.29) is 0 Å². The van der Waals surface area contributed by atoms with E-state index in [1.54, 1.807) is 17.4 Å². The molecule has 0 radical (unpaired) electrons. The molecule has 2 nitrogen and oxygen atoms in total. The molecule has 0 aromatic carbocycles. The summed E-state index contributed by atoms with van der Waals surface area (Å²) in [7, 11) is 0. The van der Waals surface area contributed by atoms with Crippen molar-refractivity contribution in [2.24, 2.45) is 5.16 Å². The molecule has 0 saturated heterocycles. The maximum Gasteiger partial charge on any atom is 0.0270 e. The average Bonchev–Trinajstić information content (AvgIpc) is 2.41. The normalized spacial score (nSPS) is 11.6. The summed E-state index contributed by atoms with van der Waals surface area (Å²) in [5.74, 6) is 0. The van der Waals surface area contributed by atoms with Gasteiger partial charge in [0.25, 0.3) is 0 Å². The minimum absolute atomic E-state index is 1.12. The molecule has 10 heavy (non-hydrogen) atoms. The predicted molar refractivity (Wildman–Crippen MR) is 45.2 cm³/mol. The maximum absolute atomic E-state index is 9.58. The van der Waals surface area contributed by atoms with Gasteiger partial charge in [0.1, 0.15) is 0 Å². The Labute approximate surface area is 63.1 Å². The first-order valence-corrected chi connectivity index (χ1v) is 3.67. The molecule has 1 aromatic heterocycles. The molecule has 0 atom stereocenters. The number of allylic oxidation sites excluding steroid dienone is 1. The summed E-state index contributed by atoms with van der Waals surface area (Å²) < 4.78 is 0. The summed E-state index contributed by atoms with van der Waals surface area (Å²) in [5, 5.41) is 14.1. The van der Waals surface area contributed by atoms with E-state index in [9.17, 15) is 5.21 Å². The molecule has 0 unspecified atom stereocenters. The van der Waals surface area contributed by atoms with Crippen molar-refractivity contribution in [2.75, 3.05) is 0 Å². The SMILES string of the molecule is [O-]/N=C\C=C\c1cccs1. The van der Waals surface area contributed by atoms with E-state index < -0.39 is 0 Å². The highest BCUT2D eigenvalue weighted by Crippen LogP contribution is 2.09. The lowest BCUT2D eigenvalue weighted by Gasteiger charge is -1.83. The highest BCUT2D eigenvalue weighted by Gasteiger charge is 1.81. The lowest BCUT2D eigenvalue weighted by atomic mass is 10.4. The van der Waals surface area contributed by atoms with Gasteiger partial charge in [0.15, 0.2) is 0 Å². The third-order valence-corrected chi connectivity index (χ3v) is 1.79. The van der Waals surface area contributed by atoms with Crippen molar-refractivity contribution in [1.82, 2.24) is 0 Å². The van der Waals surface area contributed by atoms with E-state index in [2.05, 4.69) is 5.16 Å². The van der Waals surface area contributed by atoms with Gasteiger partial charge in [0, 0.05) is 11.1 Å². The Kier molecular flexibility index (Phi) is 2.70. The Morgan fingerprint density at radius 3 is 3.10 bits per heavy atom. The van der Waals surface area contributed by atoms with Crippen molar-refractivity contribution >= 4 is 23.6 Å². The lowest BCUT2D eigenvalue weighted by Crippen LogP contribution is -1.60. The zero-order chi connectivity index (χ0) is 7.23. The monoisotopic (exact) mass is 152 g/mol. The van der Waals surface area contributed by atoms with E-state index in [0.29, 0.717) is 0 Å². The van der Waals surface area contributed by atoms with Crippen LogP contribution in [0.3, 0.4) is 0 Å². The average molecular weight is 152 g/mol. The summed E-state index contributed by atoms with van der Waals surface area (Å²) in [5.41, 5.74) is 0. The molecule has 0 fully saturated rings. The Morgan fingerprint density at radius 1 is 1.60 bits per heavy atom. The van der Waals surface area contributed by atoms with Crippen molar-refractivity contribution < 1.29 is 0 Å². The van der Waals surface area contributed by atoms with Gasteiger partial charge in [-0.1, -0.05) is 6.07 Å². The zero-order valence-corrected chi connectivity index (χ0v) is 6.04. The quantitative estimate of drug-likeness (QED) is 0.473. The summed E-state index contributed by atoms with van der Waals surface area (Å²) >= 11 is 1.62. The fourth-order valence-electron chi connectivity index (χ4n) is 0.559. The topological polar surface area (TPSA) is 35.4 Å². The number of hydrogen-bond acceptors (Lipinski definition) is 3. The van der Waals surface area contributed by atoms with Gasteiger partial charge in [-0.15, -0.1) is 11.3 Å². The third kappa shape index (κ3) is 2.03. The van der Waals surface area contributed by atoms with Crippen LogP contribution >= 0.6 is 11.3 Å². The Hall–Kier alpha value is -1.09. The first kappa shape index (κ1) is 7.02. The van der Waals surface area contributed by atoms with E-state index in [1.165, 1.54) is 6.21 Å². The number of thiophene rings is 1. The highest BCUT2D eigenvalue weighted by atomic mass is 32.1. The van der Waals surface area contributed by atoms with Crippen molar-refractivity contribution in [3.63, 3.8) is 0 Å². The van der Waals surface area contributed by atoms with Gasteiger partial charge in [-0.05, 0) is 23.6 Å². The van der Waals surface area contributed by atoms with Crippen LogP contribution in [0.25, 0.3) is 6.08 Å². The van der Waals surface area contributed by atoms with Gasteiger partial charge in [-0.3, -0.25) is 0 Å². The molecule has 0 amide bonds. The van der Waals surface area contributed by atoms with Gasteiger partial charge in [0.2, 0.25) is 0 Å². The van der Waals surface area contributed by atoms with Crippen LogP contribution in [0.5, 0.6) is 0 Å². The van der Waals surface area contributed by atoms with Crippen LogP contribution in [0.2, 0.25) is 0 Å². The molecule has 3 heteroatoms. The Morgan fingerprint density at radius 2 is 2.50 bits per heavy atom. The van der Waals surface area contributed by atoms with Gasteiger partial charge in [-0.2, -0.15) is 0 Å². The van der Waals surface area contributed by atoms with Crippen LogP contribution in [-0.2, 0) is 0 Å². The fourth-order valence-corrected chi connectivity index (χ4v) is 1.19. The second-order valence-electron chi connectivity index (χ2n) is 1.63. The second-order valence-corrected chi connectivity index (χ2v) is 2.61. The summed E-state index contributed by atoms with van der Waals surface area (Å²) in [6, 6.07) is 3.93. The molecule has 0 aliphatic rings. The van der Waals surface area contributed by atoms with Crippen LogP contribution in [-0.4, -0.2) is 6.21 Å². The smallest absolute Gasteiger partial charge is 0.0270 e. The largest absolute Gasteiger partial charge is 0.792 e. The molecule has 0 aliphatic carbocycles. The van der Waals surface area contributed by atoms with E-state index >= 15 is 0 Å². The first-order chi connectivity index (χ1) is 4.93. The first-order valence-electron chi connectivity index (χ1n) is 2.79. The number of nitrogens with zero attached hydrogens (tertiary/aromatic N) is 1. The van der Waals surface area contributed by atoms with E-state index in [0.717, 1.165) is 4.88 Å². The van der Waals surface area contributed by atoms with Crippen LogP contribution < -0.4 is 0 Å².